The number of amides is 1. The third-order valence-corrected chi connectivity index (χ3v) is 3.82. The van der Waals surface area contributed by atoms with E-state index in [-0.39, 0.29) is 5.91 Å². The first kappa shape index (κ1) is 14.8. The number of hydrazone groups is 1. The van der Waals surface area contributed by atoms with Crippen molar-refractivity contribution in [2.75, 3.05) is 5.01 Å². The number of anilines is 1. The molecule has 0 radical (unpaired) electrons. The SMILES string of the molecule is CC1=NN(c2ccc(Cl)cc2)C(=O)C1=Cc1ccc(Cl)cc1. The van der Waals surface area contributed by atoms with Gasteiger partial charge in [0.1, 0.15) is 0 Å². The minimum absolute atomic E-state index is 0.158. The molecule has 0 saturated heterocycles. The Morgan fingerprint density at radius 2 is 1.50 bits per heavy atom. The van der Waals surface area contributed by atoms with Crippen LogP contribution >= 0.6 is 23.2 Å². The van der Waals surface area contributed by atoms with Gasteiger partial charge in [-0.15, -0.1) is 0 Å². The minimum Gasteiger partial charge on any atom is -0.267 e. The predicted molar refractivity (Wildman–Crippen MR) is 91.5 cm³/mol. The summed E-state index contributed by atoms with van der Waals surface area (Å²) in [6, 6.07) is 14.3. The molecule has 0 N–H and O–H groups in total. The van der Waals surface area contributed by atoms with Gasteiger partial charge in [-0.3, -0.25) is 4.79 Å². The zero-order valence-corrected chi connectivity index (χ0v) is 13.3. The van der Waals surface area contributed by atoms with Crippen LogP contribution in [0.2, 0.25) is 10.0 Å². The first-order chi connectivity index (χ1) is 10.5. The molecule has 22 heavy (non-hydrogen) atoms. The molecule has 0 aliphatic carbocycles. The van der Waals surface area contributed by atoms with Crippen molar-refractivity contribution in [1.82, 2.24) is 0 Å². The van der Waals surface area contributed by atoms with Gasteiger partial charge >= 0.3 is 0 Å². The maximum atomic E-state index is 12.6. The van der Waals surface area contributed by atoms with Gasteiger partial charge in [0.25, 0.3) is 5.91 Å². The van der Waals surface area contributed by atoms with E-state index in [1.54, 1.807) is 36.4 Å². The van der Waals surface area contributed by atoms with Gasteiger partial charge in [0, 0.05) is 10.0 Å². The van der Waals surface area contributed by atoms with Crippen LogP contribution in [0.5, 0.6) is 0 Å². The van der Waals surface area contributed by atoms with Gasteiger partial charge in [-0.25, -0.2) is 0 Å². The lowest BCUT2D eigenvalue weighted by atomic mass is 10.1. The zero-order chi connectivity index (χ0) is 15.7. The molecular weight excluding hydrogens is 319 g/mol. The second kappa shape index (κ2) is 5.95. The van der Waals surface area contributed by atoms with Crippen LogP contribution in [0.1, 0.15) is 12.5 Å². The van der Waals surface area contributed by atoms with Crippen LogP contribution in [-0.2, 0) is 4.79 Å². The van der Waals surface area contributed by atoms with E-state index < -0.39 is 0 Å². The zero-order valence-electron chi connectivity index (χ0n) is 11.8. The fourth-order valence-corrected chi connectivity index (χ4v) is 2.42. The first-order valence-corrected chi connectivity index (χ1v) is 7.43. The van der Waals surface area contributed by atoms with Crippen molar-refractivity contribution in [2.24, 2.45) is 5.10 Å². The molecule has 5 heteroatoms. The number of carbonyl (C=O) groups excluding carboxylic acids is 1. The number of carbonyl (C=O) groups is 1. The van der Waals surface area contributed by atoms with Crippen LogP contribution in [-0.4, -0.2) is 11.6 Å². The Labute approximate surface area is 138 Å². The fourth-order valence-electron chi connectivity index (χ4n) is 2.17. The van der Waals surface area contributed by atoms with Crippen molar-refractivity contribution in [3.8, 4) is 0 Å². The largest absolute Gasteiger partial charge is 0.280 e. The van der Waals surface area contributed by atoms with Crippen LogP contribution in [0.4, 0.5) is 5.69 Å². The van der Waals surface area contributed by atoms with Crippen molar-refractivity contribution in [2.45, 2.75) is 6.92 Å². The molecule has 1 amide bonds. The van der Waals surface area contributed by atoms with Gasteiger partial charge < -0.3 is 0 Å². The van der Waals surface area contributed by atoms with Crippen LogP contribution in [0.25, 0.3) is 6.08 Å². The summed E-state index contributed by atoms with van der Waals surface area (Å²) in [5.74, 6) is -0.158. The highest BCUT2D eigenvalue weighted by molar-refractivity contribution is 6.33. The normalized spacial score (nSPS) is 16.3. The molecule has 3 nitrogen and oxygen atoms in total. The molecule has 2 aromatic carbocycles. The molecule has 110 valence electrons. The number of rotatable bonds is 2. The maximum absolute atomic E-state index is 12.6. The van der Waals surface area contributed by atoms with E-state index in [1.807, 2.05) is 25.1 Å². The third-order valence-electron chi connectivity index (χ3n) is 3.31. The molecule has 0 fully saturated rings. The third kappa shape index (κ3) is 2.91. The Balaban J connectivity index is 1.92. The number of nitrogens with zero attached hydrogens (tertiary/aromatic N) is 2. The Morgan fingerprint density at radius 3 is 2.09 bits per heavy atom. The van der Waals surface area contributed by atoms with Gasteiger partial charge in [0.15, 0.2) is 0 Å². The predicted octanol–water partition coefficient (Wildman–Crippen LogP) is 4.80. The summed E-state index contributed by atoms with van der Waals surface area (Å²) in [5.41, 5.74) is 2.83. The highest BCUT2D eigenvalue weighted by atomic mass is 35.5. The highest BCUT2D eigenvalue weighted by Gasteiger charge is 2.28. The smallest absolute Gasteiger partial charge is 0.267 e. The average Bonchev–Trinajstić information content (AvgIpc) is 2.78. The van der Waals surface area contributed by atoms with E-state index in [0.717, 1.165) is 5.56 Å². The Kier molecular flexibility index (Phi) is 4.01. The molecule has 0 unspecified atom stereocenters. The van der Waals surface area contributed by atoms with Crippen LogP contribution in [0, 0.1) is 0 Å². The Morgan fingerprint density at radius 1 is 0.955 bits per heavy atom. The second-order valence-electron chi connectivity index (χ2n) is 4.89. The minimum atomic E-state index is -0.158. The fraction of sp³-hybridized carbons (Fsp3) is 0.0588. The molecule has 3 rings (SSSR count). The van der Waals surface area contributed by atoms with Crippen molar-refractivity contribution in [3.05, 3.63) is 69.7 Å². The second-order valence-corrected chi connectivity index (χ2v) is 5.76. The Bertz CT molecular complexity index is 777. The van der Waals surface area contributed by atoms with E-state index in [1.165, 1.54) is 5.01 Å². The summed E-state index contributed by atoms with van der Waals surface area (Å²) >= 11 is 11.7. The number of hydrogen-bond donors (Lipinski definition) is 0. The standard InChI is InChI=1S/C17H12Cl2N2O/c1-11-16(10-12-2-4-13(18)5-3-12)17(22)21(20-11)15-8-6-14(19)7-9-15/h2-10H,1H3. The van der Waals surface area contributed by atoms with Gasteiger partial charge in [-0.05, 0) is 55.0 Å². The van der Waals surface area contributed by atoms with Crippen LogP contribution < -0.4 is 5.01 Å². The van der Waals surface area contributed by atoms with Gasteiger partial charge in [-0.2, -0.15) is 10.1 Å². The van der Waals surface area contributed by atoms with E-state index in [0.29, 0.717) is 27.0 Å². The van der Waals surface area contributed by atoms with Crippen molar-refractivity contribution < 1.29 is 4.79 Å². The van der Waals surface area contributed by atoms with Gasteiger partial charge in [0.2, 0.25) is 0 Å². The van der Waals surface area contributed by atoms with Crippen molar-refractivity contribution >= 4 is 46.6 Å². The summed E-state index contributed by atoms with van der Waals surface area (Å²) < 4.78 is 0. The molecule has 0 aromatic heterocycles. The van der Waals surface area contributed by atoms with E-state index in [9.17, 15) is 4.79 Å². The summed E-state index contributed by atoms with van der Waals surface area (Å²) in [6.45, 7) is 1.82. The van der Waals surface area contributed by atoms with Crippen molar-refractivity contribution in [3.63, 3.8) is 0 Å². The molecular formula is C17H12Cl2N2O. The van der Waals surface area contributed by atoms with Crippen LogP contribution in [0.3, 0.4) is 0 Å². The Hall–Kier alpha value is -2.10. The summed E-state index contributed by atoms with van der Waals surface area (Å²) in [4.78, 5) is 12.6. The quantitative estimate of drug-likeness (QED) is 0.728. The molecule has 0 spiro atoms. The summed E-state index contributed by atoms with van der Waals surface area (Å²) in [5, 5.41) is 6.99. The molecule has 2 aromatic rings. The summed E-state index contributed by atoms with van der Waals surface area (Å²) in [6.07, 6.45) is 1.81. The first-order valence-electron chi connectivity index (χ1n) is 6.67. The molecule has 0 saturated carbocycles. The topological polar surface area (TPSA) is 32.7 Å². The van der Waals surface area contributed by atoms with E-state index in [2.05, 4.69) is 5.10 Å². The summed E-state index contributed by atoms with van der Waals surface area (Å²) in [7, 11) is 0. The average molecular weight is 331 g/mol. The molecule has 1 heterocycles. The number of halogens is 2. The van der Waals surface area contributed by atoms with Crippen LogP contribution in [0.15, 0.2) is 59.2 Å². The number of benzene rings is 2. The lowest BCUT2D eigenvalue weighted by molar-refractivity contribution is -0.114. The molecule has 1 aliphatic heterocycles. The van der Waals surface area contributed by atoms with Gasteiger partial charge in [0.05, 0.1) is 17.0 Å². The maximum Gasteiger partial charge on any atom is 0.280 e. The van der Waals surface area contributed by atoms with E-state index in [4.69, 9.17) is 23.2 Å². The molecule has 0 bridgehead atoms. The highest BCUT2D eigenvalue weighted by Crippen LogP contribution is 2.26. The monoisotopic (exact) mass is 330 g/mol. The van der Waals surface area contributed by atoms with Crippen molar-refractivity contribution in [1.29, 1.82) is 0 Å². The van der Waals surface area contributed by atoms with E-state index >= 15 is 0 Å². The molecule has 0 atom stereocenters. The van der Waals surface area contributed by atoms with Gasteiger partial charge in [-0.1, -0.05) is 35.3 Å². The lowest BCUT2D eigenvalue weighted by Gasteiger charge is -2.11. The molecule has 1 aliphatic rings. The number of hydrogen-bond acceptors (Lipinski definition) is 2. The lowest BCUT2D eigenvalue weighted by Crippen LogP contribution is -2.21.